The molecule has 0 aliphatic rings. The summed E-state index contributed by atoms with van der Waals surface area (Å²) in [5.74, 6) is 0.833. The number of methoxy groups -OCH3 is 1. The van der Waals surface area contributed by atoms with Gasteiger partial charge in [0.1, 0.15) is 5.75 Å². The maximum absolute atomic E-state index is 5.87. The van der Waals surface area contributed by atoms with E-state index in [-0.39, 0.29) is 0 Å². The van der Waals surface area contributed by atoms with Crippen LogP contribution in [0.3, 0.4) is 0 Å². The molecule has 2 rings (SSSR count). The van der Waals surface area contributed by atoms with E-state index in [9.17, 15) is 0 Å². The summed E-state index contributed by atoms with van der Waals surface area (Å²) in [6.07, 6.45) is 0. The minimum absolute atomic E-state index is 0.728. The van der Waals surface area contributed by atoms with E-state index >= 15 is 0 Å². The average Bonchev–Trinajstić information content (AvgIpc) is 2.30. The Morgan fingerprint density at radius 2 is 2.13 bits per heavy atom. The van der Waals surface area contributed by atoms with Crippen LogP contribution in [0.2, 0.25) is 0 Å². The Hall–Kier alpha value is -1.96. The lowest BCUT2D eigenvalue weighted by Gasteiger charge is -2.06. The summed E-state index contributed by atoms with van der Waals surface area (Å²) in [6.45, 7) is 0. The van der Waals surface area contributed by atoms with Crippen LogP contribution < -0.4 is 10.5 Å². The van der Waals surface area contributed by atoms with Crippen molar-refractivity contribution >= 4 is 5.69 Å². The zero-order chi connectivity index (χ0) is 10.7. The fraction of sp³-hybridized carbons (Fsp3) is 0.0769. The van der Waals surface area contributed by atoms with E-state index in [0.717, 1.165) is 22.6 Å². The van der Waals surface area contributed by atoms with Crippen LogP contribution in [0.25, 0.3) is 11.1 Å². The van der Waals surface area contributed by atoms with Gasteiger partial charge in [-0.15, -0.1) is 0 Å². The van der Waals surface area contributed by atoms with E-state index in [0.29, 0.717) is 0 Å². The summed E-state index contributed by atoms with van der Waals surface area (Å²) in [5, 5.41) is 0. The van der Waals surface area contributed by atoms with Gasteiger partial charge in [-0.2, -0.15) is 0 Å². The molecular formula is C13H12NO. The third-order valence-electron chi connectivity index (χ3n) is 2.28. The molecule has 0 aromatic heterocycles. The minimum Gasteiger partial charge on any atom is -0.497 e. The monoisotopic (exact) mass is 198 g/mol. The van der Waals surface area contributed by atoms with Crippen molar-refractivity contribution in [1.29, 1.82) is 0 Å². The Bertz CT molecular complexity index is 466. The van der Waals surface area contributed by atoms with Crippen molar-refractivity contribution < 1.29 is 4.74 Å². The molecule has 2 aromatic rings. The van der Waals surface area contributed by atoms with Crippen molar-refractivity contribution in [2.75, 3.05) is 12.8 Å². The molecule has 0 spiro atoms. The molecule has 2 nitrogen and oxygen atoms in total. The fourth-order valence-electron chi connectivity index (χ4n) is 1.50. The first-order valence-corrected chi connectivity index (χ1v) is 4.71. The molecule has 0 bridgehead atoms. The Labute approximate surface area is 89.3 Å². The maximum Gasteiger partial charge on any atom is 0.119 e. The molecule has 75 valence electrons. The Kier molecular flexibility index (Phi) is 2.59. The Morgan fingerprint density at radius 1 is 1.27 bits per heavy atom. The number of anilines is 1. The molecule has 0 saturated carbocycles. The van der Waals surface area contributed by atoms with E-state index in [2.05, 4.69) is 6.07 Å². The molecule has 15 heavy (non-hydrogen) atoms. The molecule has 0 aliphatic heterocycles. The molecule has 2 heteroatoms. The molecular weight excluding hydrogens is 186 g/mol. The van der Waals surface area contributed by atoms with Crippen LogP contribution in [0.5, 0.6) is 5.75 Å². The second kappa shape index (κ2) is 4.05. The molecule has 0 heterocycles. The first kappa shape index (κ1) is 9.59. The van der Waals surface area contributed by atoms with E-state index in [4.69, 9.17) is 10.5 Å². The zero-order valence-electron chi connectivity index (χ0n) is 8.53. The second-order valence-corrected chi connectivity index (χ2v) is 3.25. The molecule has 2 aromatic carbocycles. The Balaban J connectivity index is 2.49. The number of nitrogens with two attached hydrogens (primary N) is 1. The zero-order valence-corrected chi connectivity index (χ0v) is 8.53. The van der Waals surface area contributed by atoms with Gasteiger partial charge in [0.2, 0.25) is 0 Å². The van der Waals surface area contributed by atoms with Crippen molar-refractivity contribution in [3.63, 3.8) is 0 Å². The third-order valence-corrected chi connectivity index (χ3v) is 2.28. The van der Waals surface area contributed by atoms with Crippen LogP contribution in [-0.2, 0) is 0 Å². The lowest BCUT2D eigenvalue weighted by atomic mass is 10.0. The Morgan fingerprint density at radius 3 is 2.87 bits per heavy atom. The SMILES string of the molecule is COc1cccc(-c2cc[c]cc2N)c1. The van der Waals surface area contributed by atoms with Crippen molar-refractivity contribution in [2.24, 2.45) is 0 Å². The smallest absolute Gasteiger partial charge is 0.119 e. The van der Waals surface area contributed by atoms with Crippen LogP contribution >= 0.6 is 0 Å². The maximum atomic E-state index is 5.87. The molecule has 0 fully saturated rings. The normalized spacial score (nSPS) is 9.93. The summed E-state index contributed by atoms with van der Waals surface area (Å²) in [7, 11) is 1.65. The molecule has 1 radical (unpaired) electrons. The average molecular weight is 198 g/mol. The van der Waals surface area contributed by atoms with Crippen LogP contribution in [0.4, 0.5) is 5.69 Å². The van der Waals surface area contributed by atoms with Gasteiger partial charge < -0.3 is 10.5 Å². The van der Waals surface area contributed by atoms with Gasteiger partial charge in [-0.1, -0.05) is 24.3 Å². The minimum atomic E-state index is 0.728. The van der Waals surface area contributed by atoms with Crippen LogP contribution in [0, 0.1) is 6.07 Å². The quantitative estimate of drug-likeness (QED) is 0.753. The van der Waals surface area contributed by atoms with Crippen molar-refractivity contribution in [3.05, 3.63) is 48.5 Å². The molecule has 0 unspecified atom stereocenters. The summed E-state index contributed by atoms with van der Waals surface area (Å²) < 4.78 is 5.17. The van der Waals surface area contributed by atoms with Crippen LogP contribution in [0.1, 0.15) is 0 Å². The van der Waals surface area contributed by atoms with E-state index in [1.165, 1.54) is 0 Å². The first-order valence-electron chi connectivity index (χ1n) is 4.71. The molecule has 0 saturated heterocycles. The number of rotatable bonds is 2. The summed E-state index contributed by atoms with van der Waals surface area (Å²) in [5.41, 5.74) is 8.66. The van der Waals surface area contributed by atoms with Gasteiger partial charge in [-0.05, 0) is 29.8 Å². The number of nitrogen functional groups attached to an aromatic ring is 1. The predicted molar refractivity (Wildman–Crippen MR) is 61.7 cm³/mol. The highest BCUT2D eigenvalue weighted by atomic mass is 16.5. The highest BCUT2D eigenvalue weighted by molar-refractivity contribution is 5.76. The lowest BCUT2D eigenvalue weighted by Crippen LogP contribution is -1.90. The number of hydrogen-bond donors (Lipinski definition) is 1. The topological polar surface area (TPSA) is 35.2 Å². The molecule has 2 N–H and O–H groups in total. The lowest BCUT2D eigenvalue weighted by molar-refractivity contribution is 0.415. The van der Waals surface area contributed by atoms with Crippen LogP contribution in [-0.4, -0.2) is 7.11 Å². The predicted octanol–water partition coefficient (Wildman–Crippen LogP) is 2.74. The van der Waals surface area contributed by atoms with E-state index in [1.807, 2.05) is 36.4 Å². The highest BCUT2D eigenvalue weighted by Gasteiger charge is 2.02. The summed E-state index contributed by atoms with van der Waals surface area (Å²) in [4.78, 5) is 0. The third kappa shape index (κ3) is 1.94. The second-order valence-electron chi connectivity index (χ2n) is 3.25. The van der Waals surface area contributed by atoms with E-state index < -0.39 is 0 Å². The van der Waals surface area contributed by atoms with Gasteiger partial charge in [-0.25, -0.2) is 0 Å². The standard InChI is InChI=1S/C13H12NO/c1-15-11-6-4-5-10(9-11)12-7-2-3-8-13(12)14/h2,4-9H,14H2,1H3. The van der Waals surface area contributed by atoms with Crippen molar-refractivity contribution in [3.8, 4) is 16.9 Å². The number of ether oxygens (including phenoxy) is 1. The fourth-order valence-corrected chi connectivity index (χ4v) is 1.50. The summed E-state index contributed by atoms with van der Waals surface area (Å²) >= 11 is 0. The van der Waals surface area contributed by atoms with Gasteiger partial charge in [0.05, 0.1) is 7.11 Å². The molecule has 0 amide bonds. The highest BCUT2D eigenvalue weighted by Crippen LogP contribution is 2.27. The molecule has 0 aliphatic carbocycles. The number of benzene rings is 2. The largest absolute Gasteiger partial charge is 0.497 e. The first-order chi connectivity index (χ1) is 7.31. The number of hydrogen-bond acceptors (Lipinski definition) is 2. The van der Waals surface area contributed by atoms with Crippen molar-refractivity contribution in [1.82, 2.24) is 0 Å². The van der Waals surface area contributed by atoms with Gasteiger partial charge >= 0.3 is 0 Å². The van der Waals surface area contributed by atoms with Gasteiger partial charge in [0.15, 0.2) is 0 Å². The van der Waals surface area contributed by atoms with Crippen LogP contribution in [0.15, 0.2) is 42.5 Å². The van der Waals surface area contributed by atoms with E-state index in [1.54, 1.807) is 13.2 Å². The van der Waals surface area contributed by atoms with Gasteiger partial charge in [0, 0.05) is 11.3 Å². The van der Waals surface area contributed by atoms with Gasteiger partial charge in [0.25, 0.3) is 0 Å². The van der Waals surface area contributed by atoms with Crippen molar-refractivity contribution in [2.45, 2.75) is 0 Å². The summed E-state index contributed by atoms with van der Waals surface area (Å²) in [6, 6.07) is 16.3. The molecule has 0 atom stereocenters. The van der Waals surface area contributed by atoms with Gasteiger partial charge in [-0.3, -0.25) is 0 Å².